The molecule has 0 unspecified atom stereocenters. The number of hydrogen-bond donors (Lipinski definition) is 1. The summed E-state index contributed by atoms with van der Waals surface area (Å²) in [6.45, 7) is -1.50. The minimum Gasteiger partial charge on any atom is -0.462 e. The standard InChI is InChI=1S/C12H13ClF3NO3/c13-9-6-8(2-3-10(9)17)11(18)20-5-1-4-19-7-12(14,15)16/h2-3,6H,1,4-5,7,17H2. The Morgan fingerprint density at radius 2 is 2.00 bits per heavy atom. The average Bonchev–Trinajstić information content (AvgIpc) is 2.35. The first kappa shape index (κ1) is 16.6. The average molecular weight is 312 g/mol. The Labute approximate surface area is 118 Å². The predicted octanol–water partition coefficient (Wildman–Crippen LogP) is 3.05. The van der Waals surface area contributed by atoms with E-state index in [0.717, 1.165) is 0 Å². The summed E-state index contributed by atoms with van der Waals surface area (Å²) in [6, 6.07) is 4.27. The molecule has 112 valence electrons. The van der Waals surface area contributed by atoms with Gasteiger partial charge >= 0.3 is 12.1 Å². The molecule has 0 aliphatic rings. The van der Waals surface area contributed by atoms with Gasteiger partial charge in [0.05, 0.1) is 29.5 Å². The molecule has 0 spiro atoms. The van der Waals surface area contributed by atoms with E-state index in [9.17, 15) is 18.0 Å². The Bertz CT molecular complexity index is 466. The molecule has 4 nitrogen and oxygen atoms in total. The molecule has 0 amide bonds. The van der Waals surface area contributed by atoms with Gasteiger partial charge in [0.15, 0.2) is 0 Å². The minimum absolute atomic E-state index is 0.0430. The number of carbonyl (C=O) groups is 1. The third-order valence-corrected chi connectivity index (χ3v) is 2.50. The van der Waals surface area contributed by atoms with Crippen LogP contribution in [0.1, 0.15) is 16.8 Å². The van der Waals surface area contributed by atoms with Crippen molar-refractivity contribution >= 4 is 23.3 Å². The number of benzene rings is 1. The summed E-state index contributed by atoms with van der Waals surface area (Å²) < 4.78 is 44.5. The van der Waals surface area contributed by atoms with E-state index in [-0.39, 0.29) is 30.2 Å². The first-order valence-corrected chi connectivity index (χ1v) is 6.04. The van der Waals surface area contributed by atoms with Crippen LogP contribution in [0, 0.1) is 0 Å². The first-order chi connectivity index (χ1) is 9.29. The van der Waals surface area contributed by atoms with Crippen molar-refractivity contribution in [1.29, 1.82) is 0 Å². The minimum atomic E-state index is -4.35. The lowest BCUT2D eigenvalue weighted by Gasteiger charge is -2.08. The number of esters is 1. The van der Waals surface area contributed by atoms with Crippen molar-refractivity contribution in [3.05, 3.63) is 28.8 Å². The second kappa shape index (κ2) is 7.35. The van der Waals surface area contributed by atoms with Gasteiger partial charge in [-0.3, -0.25) is 0 Å². The van der Waals surface area contributed by atoms with E-state index in [1.54, 1.807) is 0 Å². The van der Waals surface area contributed by atoms with Crippen molar-refractivity contribution in [2.75, 3.05) is 25.6 Å². The quantitative estimate of drug-likeness (QED) is 0.498. The molecule has 1 aromatic rings. The van der Waals surface area contributed by atoms with Crippen molar-refractivity contribution in [3.63, 3.8) is 0 Å². The van der Waals surface area contributed by atoms with Crippen LogP contribution in [0.2, 0.25) is 5.02 Å². The molecule has 8 heteroatoms. The Morgan fingerprint density at radius 1 is 1.30 bits per heavy atom. The number of hydrogen-bond acceptors (Lipinski definition) is 4. The third-order valence-electron chi connectivity index (χ3n) is 2.17. The van der Waals surface area contributed by atoms with E-state index >= 15 is 0 Å². The van der Waals surface area contributed by atoms with Crippen molar-refractivity contribution in [2.45, 2.75) is 12.6 Å². The summed E-state index contributed by atoms with van der Waals surface area (Å²) in [5.41, 5.74) is 6.05. The molecular weight excluding hydrogens is 299 g/mol. The van der Waals surface area contributed by atoms with E-state index in [2.05, 4.69) is 4.74 Å². The van der Waals surface area contributed by atoms with Gasteiger partial charge in [-0.25, -0.2) is 4.79 Å². The van der Waals surface area contributed by atoms with Gasteiger partial charge in [0.1, 0.15) is 6.61 Å². The lowest BCUT2D eigenvalue weighted by atomic mass is 10.2. The maximum Gasteiger partial charge on any atom is 0.411 e. The molecule has 0 aromatic heterocycles. The van der Waals surface area contributed by atoms with Gasteiger partial charge in [0.2, 0.25) is 0 Å². The van der Waals surface area contributed by atoms with Crippen LogP contribution < -0.4 is 5.73 Å². The van der Waals surface area contributed by atoms with Gasteiger partial charge in [0.25, 0.3) is 0 Å². The fourth-order valence-electron chi connectivity index (χ4n) is 1.25. The van der Waals surface area contributed by atoms with E-state index in [0.29, 0.717) is 5.69 Å². The van der Waals surface area contributed by atoms with Gasteiger partial charge < -0.3 is 15.2 Å². The Hall–Kier alpha value is -1.47. The summed E-state index contributed by atoms with van der Waals surface area (Å²) in [6.07, 6.45) is -4.18. The highest BCUT2D eigenvalue weighted by atomic mass is 35.5. The van der Waals surface area contributed by atoms with Gasteiger partial charge in [0, 0.05) is 6.42 Å². The molecule has 0 saturated carbocycles. The largest absolute Gasteiger partial charge is 0.462 e. The van der Waals surface area contributed by atoms with E-state index in [1.807, 2.05) is 0 Å². The maximum absolute atomic E-state index is 11.8. The van der Waals surface area contributed by atoms with Crippen LogP contribution >= 0.6 is 11.6 Å². The molecule has 0 aliphatic carbocycles. The van der Waals surface area contributed by atoms with E-state index in [1.165, 1.54) is 18.2 Å². The monoisotopic (exact) mass is 311 g/mol. The summed E-state index contributed by atoms with van der Waals surface area (Å²) in [4.78, 5) is 11.6. The zero-order valence-corrected chi connectivity index (χ0v) is 11.1. The highest BCUT2D eigenvalue weighted by molar-refractivity contribution is 6.33. The molecule has 0 fully saturated rings. The number of carbonyl (C=O) groups excluding carboxylic acids is 1. The normalized spacial score (nSPS) is 11.4. The number of nitrogens with two attached hydrogens (primary N) is 1. The molecule has 1 aromatic carbocycles. The fourth-order valence-corrected chi connectivity index (χ4v) is 1.43. The van der Waals surface area contributed by atoms with Crippen molar-refractivity contribution in [2.24, 2.45) is 0 Å². The lowest BCUT2D eigenvalue weighted by Crippen LogP contribution is -2.18. The van der Waals surface area contributed by atoms with Crippen molar-refractivity contribution in [3.8, 4) is 0 Å². The summed E-state index contributed by atoms with van der Waals surface area (Å²) in [5, 5.41) is 0.230. The van der Waals surface area contributed by atoms with Gasteiger partial charge in [-0.1, -0.05) is 11.6 Å². The van der Waals surface area contributed by atoms with Crippen LogP contribution in [-0.4, -0.2) is 32.0 Å². The van der Waals surface area contributed by atoms with Crippen LogP contribution in [-0.2, 0) is 9.47 Å². The second-order valence-electron chi connectivity index (χ2n) is 3.89. The molecule has 0 atom stereocenters. The summed E-state index contributed by atoms with van der Waals surface area (Å²) >= 11 is 5.74. The first-order valence-electron chi connectivity index (χ1n) is 5.66. The van der Waals surface area contributed by atoms with Crippen LogP contribution in [0.3, 0.4) is 0 Å². The summed E-state index contributed by atoms with van der Waals surface area (Å²) in [5.74, 6) is -0.622. The fraction of sp³-hybridized carbons (Fsp3) is 0.417. The van der Waals surface area contributed by atoms with Crippen molar-refractivity contribution < 1.29 is 27.4 Å². The zero-order chi connectivity index (χ0) is 15.2. The molecule has 0 aliphatic heterocycles. The number of anilines is 1. The lowest BCUT2D eigenvalue weighted by molar-refractivity contribution is -0.174. The van der Waals surface area contributed by atoms with Gasteiger partial charge in [-0.15, -0.1) is 0 Å². The van der Waals surface area contributed by atoms with Crippen LogP contribution in [0.5, 0.6) is 0 Å². The Balaban J connectivity index is 2.25. The molecule has 0 saturated heterocycles. The van der Waals surface area contributed by atoms with E-state index in [4.69, 9.17) is 22.1 Å². The van der Waals surface area contributed by atoms with Crippen LogP contribution in [0.15, 0.2) is 18.2 Å². The summed E-state index contributed by atoms with van der Waals surface area (Å²) in [7, 11) is 0. The van der Waals surface area contributed by atoms with Gasteiger partial charge in [-0.2, -0.15) is 13.2 Å². The van der Waals surface area contributed by atoms with E-state index < -0.39 is 18.8 Å². The SMILES string of the molecule is Nc1ccc(C(=O)OCCCOCC(F)(F)F)cc1Cl. The van der Waals surface area contributed by atoms with Crippen molar-refractivity contribution in [1.82, 2.24) is 0 Å². The maximum atomic E-state index is 11.8. The molecule has 20 heavy (non-hydrogen) atoms. The molecule has 0 radical (unpaired) electrons. The molecule has 2 N–H and O–H groups in total. The predicted molar refractivity (Wildman–Crippen MR) is 67.6 cm³/mol. The van der Waals surface area contributed by atoms with Gasteiger partial charge in [-0.05, 0) is 18.2 Å². The Kier molecular flexibility index (Phi) is 6.09. The highest BCUT2D eigenvalue weighted by Gasteiger charge is 2.27. The Morgan fingerprint density at radius 3 is 2.60 bits per heavy atom. The smallest absolute Gasteiger partial charge is 0.411 e. The molecular formula is C12H13ClF3NO3. The van der Waals surface area contributed by atoms with Crippen LogP contribution in [0.4, 0.5) is 18.9 Å². The number of ether oxygens (including phenoxy) is 2. The number of rotatable bonds is 6. The molecule has 0 heterocycles. The highest BCUT2D eigenvalue weighted by Crippen LogP contribution is 2.20. The second-order valence-corrected chi connectivity index (χ2v) is 4.30. The third kappa shape index (κ3) is 6.12. The topological polar surface area (TPSA) is 61.6 Å². The zero-order valence-electron chi connectivity index (χ0n) is 10.4. The molecule has 1 rings (SSSR count). The van der Waals surface area contributed by atoms with Crippen LogP contribution in [0.25, 0.3) is 0 Å². The number of nitrogen functional groups attached to an aromatic ring is 1. The molecule has 0 bridgehead atoms. The number of alkyl halides is 3. The number of halogens is 4.